The molecule has 0 amide bonds. The van der Waals surface area contributed by atoms with Crippen LogP contribution in [0.4, 0.5) is 0 Å². The van der Waals surface area contributed by atoms with Crippen molar-refractivity contribution in [3.8, 4) is 11.5 Å². The van der Waals surface area contributed by atoms with E-state index in [4.69, 9.17) is 14.2 Å². The van der Waals surface area contributed by atoms with E-state index >= 15 is 0 Å². The van der Waals surface area contributed by atoms with Crippen molar-refractivity contribution < 1.29 is 23.8 Å². The number of ether oxygens (including phenoxy) is 3. The number of carbonyl (C=O) groups is 2. The first-order valence-electron chi connectivity index (χ1n) is 6.91. The largest absolute Gasteiger partial charge is 0.496 e. The molecule has 0 fully saturated rings. The molecule has 0 saturated heterocycles. The summed E-state index contributed by atoms with van der Waals surface area (Å²) in [6, 6.07) is 3.35. The predicted octanol–water partition coefficient (Wildman–Crippen LogP) is 2.78. The molecule has 0 aliphatic heterocycles. The van der Waals surface area contributed by atoms with Crippen molar-refractivity contribution in [2.75, 3.05) is 20.3 Å². The number of hydrogen-bond acceptors (Lipinski definition) is 5. The van der Waals surface area contributed by atoms with E-state index in [1.807, 2.05) is 20.8 Å². The number of Topliss-reactive ketones (excluding diaryl/α,β-unsaturated/α-hetero) is 1. The molecule has 0 bridgehead atoms. The third-order valence-electron chi connectivity index (χ3n) is 2.94. The molecule has 116 valence electrons. The van der Waals surface area contributed by atoms with E-state index < -0.39 is 5.97 Å². The summed E-state index contributed by atoms with van der Waals surface area (Å²) in [6.45, 7) is 7.26. The number of benzene rings is 1. The number of ketones is 1. The van der Waals surface area contributed by atoms with Gasteiger partial charge in [0.2, 0.25) is 0 Å². The molecule has 1 aromatic carbocycles. The van der Waals surface area contributed by atoms with Gasteiger partial charge in [0, 0.05) is 12.0 Å². The van der Waals surface area contributed by atoms with Crippen LogP contribution in [0.2, 0.25) is 0 Å². The van der Waals surface area contributed by atoms with Crippen molar-refractivity contribution in [1.29, 1.82) is 0 Å². The third kappa shape index (κ3) is 4.48. The van der Waals surface area contributed by atoms with Gasteiger partial charge in [-0.05, 0) is 25.5 Å². The number of methoxy groups -OCH3 is 1. The van der Waals surface area contributed by atoms with Crippen LogP contribution in [0.25, 0.3) is 0 Å². The summed E-state index contributed by atoms with van der Waals surface area (Å²) < 4.78 is 15.5. The van der Waals surface area contributed by atoms with E-state index in [1.54, 1.807) is 26.2 Å². The monoisotopic (exact) mass is 294 g/mol. The zero-order valence-electron chi connectivity index (χ0n) is 13.2. The summed E-state index contributed by atoms with van der Waals surface area (Å²) in [7, 11) is 1.54. The summed E-state index contributed by atoms with van der Waals surface area (Å²) in [5.41, 5.74) is 1.29. The molecule has 5 heteroatoms. The quantitative estimate of drug-likeness (QED) is 0.571. The Hall–Kier alpha value is -2.04. The van der Waals surface area contributed by atoms with Gasteiger partial charge in [0.25, 0.3) is 0 Å². The van der Waals surface area contributed by atoms with Gasteiger partial charge in [0.1, 0.15) is 11.5 Å². The second-order valence-electron chi connectivity index (χ2n) is 4.93. The van der Waals surface area contributed by atoms with Crippen molar-refractivity contribution in [2.24, 2.45) is 5.92 Å². The second kappa shape index (κ2) is 7.67. The van der Waals surface area contributed by atoms with Gasteiger partial charge in [-0.3, -0.25) is 4.79 Å². The second-order valence-corrected chi connectivity index (χ2v) is 4.93. The van der Waals surface area contributed by atoms with E-state index in [-0.39, 0.29) is 24.9 Å². The molecule has 5 nitrogen and oxygen atoms in total. The van der Waals surface area contributed by atoms with Crippen LogP contribution in [0.5, 0.6) is 11.5 Å². The highest BCUT2D eigenvalue weighted by atomic mass is 16.6. The van der Waals surface area contributed by atoms with Crippen molar-refractivity contribution in [3.05, 3.63) is 23.3 Å². The highest BCUT2D eigenvalue weighted by Crippen LogP contribution is 2.30. The van der Waals surface area contributed by atoms with E-state index in [9.17, 15) is 9.59 Å². The lowest BCUT2D eigenvalue weighted by molar-refractivity contribution is -0.145. The first-order valence-corrected chi connectivity index (χ1v) is 6.91. The maximum atomic E-state index is 12.3. The molecule has 0 radical (unpaired) electrons. The van der Waals surface area contributed by atoms with Crippen LogP contribution in [0.3, 0.4) is 0 Å². The van der Waals surface area contributed by atoms with Gasteiger partial charge >= 0.3 is 5.97 Å². The molecule has 0 spiro atoms. The van der Waals surface area contributed by atoms with Gasteiger partial charge < -0.3 is 14.2 Å². The van der Waals surface area contributed by atoms with Gasteiger partial charge in [-0.25, -0.2) is 4.79 Å². The Morgan fingerprint density at radius 2 is 1.86 bits per heavy atom. The first-order chi connectivity index (χ1) is 9.90. The SMILES string of the molecule is CCOC(=O)COc1cc(OC)c(C)cc1C(=O)C(C)C. The molecule has 0 atom stereocenters. The topological polar surface area (TPSA) is 61.8 Å². The number of rotatable bonds is 7. The minimum atomic E-state index is -0.472. The van der Waals surface area contributed by atoms with Crippen LogP contribution in [0.1, 0.15) is 36.7 Å². The molecule has 0 saturated carbocycles. The first kappa shape index (κ1) is 17.0. The van der Waals surface area contributed by atoms with E-state index in [2.05, 4.69) is 0 Å². The Labute approximate surface area is 125 Å². The molecule has 0 heterocycles. The Kier molecular flexibility index (Phi) is 6.21. The van der Waals surface area contributed by atoms with Crippen molar-refractivity contribution in [1.82, 2.24) is 0 Å². The van der Waals surface area contributed by atoms with Gasteiger partial charge in [0.15, 0.2) is 12.4 Å². The Balaban J connectivity index is 3.08. The normalized spacial score (nSPS) is 10.4. The number of esters is 1. The Morgan fingerprint density at radius 3 is 2.38 bits per heavy atom. The van der Waals surface area contributed by atoms with Crippen LogP contribution < -0.4 is 9.47 Å². The molecule has 0 unspecified atom stereocenters. The third-order valence-corrected chi connectivity index (χ3v) is 2.94. The van der Waals surface area contributed by atoms with Crippen LogP contribution in [0, 0.1) is 12.8 Å². The summed E-state index contributed by atoms with van der Waals surface area (Å²) >= 11 is 0. The van der Waals surface area contributed by atoms with Crippen molar-refractivity contribution in [3.63, 3.8) is 0 Å². The van der Waals surface area contributed by atoms with Crippen molar-refractivity contribution in [2.45, 2.75) is 27.7 Å². The summed E-state index contributed by atoms with van der Waals surface area (Å²) in [5.74, 6) is 0.265. The Bertz CT molecular complexity index is 520. The van der Waals surface area contributed by atoms with E-state index in [1.165, 1.54) is 0 Å². The molecule has 0 aliphatic rings. The standard InChI is InChI=1S/C16H22O5/c1-6-20-15(17)9-21-14-8-13(19-5)11(4)7-12(14)16(18)10(2)3/h7-8,10H,6,9H2,1-5H3. The summed E-state index contributed by atoms with van der Waals surface area (Å²) in [4.78, 5) is 23.6. The fraction of sp³-hybridized carbons (Fsp3) is 0.500. The average Bonchev–Trinajstić information content (AvgIpc) is 2.45. The van der Waals surface area contributed by atoms with Crippen molar-refractivity contribution >= 4 is 11.8 Å². The van der Waals surface area contributed by atoms with Gasteiger partial charge in [-0.2, -0.15) is 0 Å². The maximum Gasteiger partial charge on any atom is 0.344 e. The van der Waals surface area contributed by atoms with Crippen LogP contribution >= 0.6 is 0 Å². The van der Waals surface area contributed by atoms with Gasteiger partial charge in [-0.15, -0.1) is 0 Å². The van der Waals surface area contributed by atoms with E-state index in [0.717, 1.165) is 5.56 Å². The minimum absolute atomic E-state index is 0.0420. The number of carbonyl (C=O) groups excluding carboxylic acids is 2. The molecule has 1 rings (SSSR count). The fourth-order valence-corrected chi connectivity index (χ4v) is 1.85. The molecule has 1 aromatic rings. The highest BCUT2D eigenvalue weighted by molar-refractivity contribution is 6.00. The van der Waals surface area contributed by atoms with Crippen LogP contribution in [-0.4, -0.2) is 32.1 Å². The number of aryl methyl sites for hydroxylation is 1. The lowest BCUT2D eigenvalue weighted by Crippen LogP contribution is -2.17. The molecular weight excluding hydrogens is 272 g/mol. The molecule has 0 aliphatic carbocycles. The fourth-order valence-electron chi connectivity index (χ4n) is 1.85. The molecule has 0 aromatic heterocycles. The Morgan fingerprint density at radius 1 is 1.19 bits per heavy atom. The van der Waals surface area contributed by atoms with Crippen LogP contribution in [0.15, 0.2) is 12.1 Å². The maximum absolute atomic E-state index is 12.3. The van der Waals surface area contributed by atoms with E-state index in [0.29, 0.717) is 17.1 Å². The zero-order valence-corrected chi connectivity index (χ0v) is 13.2. The molecule has 21 heavy (non-hydrogen) atoms. The average molecular weight is 294 g/mol. The van der Waals surface area contributed by atoms with Crippen LogP contribution in [-0.2, 0) is 9.53 Å². The summed E-state index contributed by atoms with van der Waals surface area (Å²) in [5, 5.41) is 0. The summed E-state index contributed by atoms with van der Waals surface area (Å²) in [6.07, 6.45) is 0. The molecular formula is C16H22O5. The minimum Gasteiger partial charge on any atom is -0.496 e. The smallest absolute Gasteiger partial charge is 0.344 e. The number of hydrogen-bond donors (Lipinski definition) is 0. The lowest BCUT2D eigenvalue weighted by atomic mass is 9.98. The van der Waals surface area contributed by atoms with Gasteiger partial charge in [-0.1, -0.05) is 13.8 Å². The predicted molar refractivity (Wildman–Crippen MR) is 79.0 cm³/mol. The highest BCUT2D eigenvalue weighted by Gasteiger charge is 2.19. The molecule has 0 N–H and O–H groups in total. The zero-order chi connectivity index (χ0) is 16.0. The van der Waals surface area contributed by atoms with Gasteiger partial charge in [0.05, 0.1) is 19.3 Å². The lowest BCUT2D eigenvalue weighted by Gasteiger charge is -2.15.